The summed E-state index contributed by atoms with van der Waals surface area (Å²) in [5.74, 6) is 3.70. The third-order valence-corrected chi connectivity index (χ3v) is 3.97. The van der Waals surface area contributed by atoms with Gasteiger partial charge in [0.1, 0.15) is 5.82 Å². The molecule has 1 aliphatic heterocycles. The van der Waals surface area contributed by atoms with Gasteiger partial charge in [-0.1, -0.05) is 0 Å². The molecule has 1 saturated heterocycles. The topological polar surface area (TPSA) is 56.8 Å². The Bertz CT molecular complexity index is 352. The number of nitrogens with one attached hydrogen (secondary N) is 2. The molecule has 0 aliphatic carbocycles. The van der Waals surface area contributed by atoms with Crippen LogP contribution in [0.25, 0.3) is 0 Å². The van der Waals surface area contributed by atoms with Gasteiger partial charge in [0, 0.05) is 25.3 Å². The Kier molecular flexibility index (Phi) is 5.31. The maximum atomic E-state index is 4.59. The molecule has 1 fully saturated rings. The van der Waals surface area contributed by atoms with Gasteiger partial charge in [0.05, 0.1) is 0 Å². The van der Waals surface area contributed by atoms with Crippen LogP contribution >= 0.6 is 11.8 Å². The number of anilines is 1. The SMILES string of the molecule is CNCC1CCCN(c2n[nH]c(CCSC)n2)C1. The molecule has 0 radical (unpaired) electrons. The van der Waals surface area contributed by atoms with Crippen LogP contribution in [-0.4, -0.2) is 53.9 Å². The van der Waals surface area contributed by atoms with Crippen LogP contribution in [0.1, 0.15) is 18.7 Å². The van der Waals surface area contributed by atoms with Gasteiger partial charge in [-0.3, -0.25) is 5.10 Å². The van der Waals surface area contributed by atoms with E-state index in [4.69, 9.17) is 0 Å². The van der Waals surface area contributed by atoms with Gasteiger partial charge < -0.3 is 10.2 Å². The molecule has 18 heavy (non-hydrogen) atoms. The number of hydrogen-bond donors (Lipinski definition) is 2. The minimum absolute atomic E-state index is 0.719. The fraction of sp³-hybridized carbons (Fsp3) is 0.833. The fourth-order valence-corrected chi connectivity index (χ4v) is 2.84. The van der Waals surface area contributed by atoms with Gasteiger partial charge in [-0.15, -0.1) is 5.10 Å². The second kappa shape index (κ2) is 6.99. The average molecular weight is 269 g/mol. The molecule has 5 nitrogen and oxygen atoms in total. The van der Waals surface area contributed by atoms with E-state index in [9.17, 15) is 0 Å². The summed E-state index contributed by atoms with van der Waals surface area (Å²) >= 11 is 1.84. The Morgan fingerprint density at radius 1 is 1.56 bits per heavy atom. The largest absolute Gasteiger partial charge is 0.339 e. The summed E-state index contributed by atoms with van der Waals surface area (Å²) in [5.41, 5.74) is 0. The maximum Gasteiger partial charge on any atom is 0.244 e. The minimum atomic E-state index is 0.719. The van der Waals surface area contributed by atoms with Crippen molar-refractivity contribution in [3.63, 3.8) is 0 Å². The molecular weight excluding hydrogens is 246 g/mol. The van der Waals surface area contributed by atoms with Gasteiger partial charge in [-0.25, -0.2) is 0 Å². The third-order valence-electron chi connectivity index (χ3n) is 3.36. The standard InChI is InChI=1S/C12H23N5S/c1-13-8-10-4-3-6-17(9-10)12-14-11(15-16-12)5-7-18-2/h10,13H,3-9H2,1-2H3,(H,14,15,16). The van der Waals surface area contributed by atoms with Crippen molar-refractivity contribution in [1.82, 2.24) is 20.5 Å². The highest BCUT2D eigenvalue weighted by molar-refractivity contribution is 7.98. The molecule has 1 unspecified atom stereocenters. The van der Waals surface area contributed by atoms with Crippen LogP contribution in [0.3, 0.4) is 0 Å². The van der Waals surface area contributed by atoms with Crippen LogP contribution < -0.4 is 10.2 Å². The molecule has 0 amide bonds. The lowest BCUT2D eigenvalue weighted by molar-refractivity contribution is 0.399. The van der Waals surface area contributed by atoms with Crippen LogP contribution in [0.2, 0.25) is 0 Å². The van der Waals surface area contributed by atoms with Gasteiger partial charge in [0.25, 0.3) is 0 Å². The first-order valence-electron chi connectivity index (χ1n) is 6.63. The summed E-state index contributed by atoms with van der Waals surface area (Å²) in [4.78, 5) is 6.90. The molecule has 0 bridgehead atoms. The van der Waals surface area contributed by atoms with Gasteiger partial charge >= 0.3 is 0 Å². The second-order valence-electron chi connectivity index (χ2n) is 4.84. The molecule has 102 valence electrons. The third kappa shape index (κ3) is 3.62. The van der Waals surface area contributed by atoms with Crippen LogP contribution in [-0.2, 0) is 6.42 Å². The van der Waals surface area contributed by atoms with Crippen molar-refractivity contribution in [3.05, 3.63) is 5.82 Å². The van der Waals surface area contributed by atoms with Gasteiger partial charge in [0.2, 0.25) is 5.95 Å². The van der Waals surface area contributed by atoms with Gasteiger partial charge in [0.15, 0.2) is 0 Å². The molecule has 1 aromatic rings. The van der Waals surface area contributed by atoms with Crippen molar-refractivity contribution in [2.24, 2.45) is 5.92 Å². The molecule has 6 heteroatoms. The van der Waals surface area contributed by atoms with Crippen LogP contribution in [0.4, 0.5) is 5.95 Å². The van der Waals surface area contributed by atoms with Crippen molar-refractivity contribution in [2.75, 3.05) is 43.6 Å². The zero-order valence-electron chi connectivity index (χ0n) is 11.3. The van der Waals surface area contributed by atoms with Crippen LogP contribution in [0.15, 0.2) is 0 Å². The lowest BCUT2D eigenvalue weighted by Crippen LogP contribution is -2.39. The van der Waals surface area contributed by atoms with Crippen molar-refractivity contribution >= 4 is 17.7 Å². The van der Waals surface area contributed by atoms with E-state index in [1.54, 1.807) is 0 Å². The minimum Gasteiger partial charge on any atom is -0.339 e. The number of aromatic amines is 1. The quantitative estimate of drug-likeness (QED) is 0.811. The zero-order valence-corrected chi connectivity index (χ0v) is 12.1. The molecule has 0 spiro atoms. The first-order valence-corrected chi connectivity index (χ1v) is 8.02. The zero-order chi connectivity index (χ0) is 12.8. The van der Waals surface area contributed by atoms with Crippen molar-refractivity contribution in [3.8, 4) is 0 Å². The number of aromatic nitrogens is 3. The number of H-pyrrole nitrogens is 1. The normalized spacial score (nSPS) is 20.3. The summed E-state index contributed by atoms with van der Waals surface area (Å²) in [7, 11) is 2.02. The Labute approximate surface area is 113 Å². The molecular formula is C12H23N5S. The highest BCUT2D eigenvalue weighted by atomic mass is 32.2. The fourth-order valence-electron chi connectivity index (χ4n) is 2.44. The monoisotopic (exact) mass is 269 g/mol. The first-order chi connectivity index (χ1) is 8.83. The van der Waals surface area contributed by atoms with E-state index in [-0.39, 0.29) is 0 Å². The second-order valence-corrected chi connectivity index (χ2v) is 5.82. The molecule has 1 atom stereocenters. The number of thioether (sulfide) groups is 1. The Morgan fingerprint density at radius 3 is 3.22 bits per heavy atom. The number of hydrogen-bond acceptors (Lipinski definition) is 5. The Morgan fingerprint density at radius 2 is 2.44 bits per heavy atom. The lowest BCUT2D eigenvalue weighted by Gasteiger charge is -2.31. The van der Waals surface area contributed by atoms with E-state index < -0.39 is 0 Å². The lowest BCUT2D eigenvalue weighted by atomic mass is 9.98. The smallest absolute Gasteiger partial charge is 0.244 e. The average Bonchev–Trinajstić information content (AvgIpc) is 2.86. The summed E-state index contributed by atoms with van der Waals surface area (Å²) < 4.78 is 0. The number of nitrogens with zero attached hydrogens (tertiary/aromatic N) is 3. The van der Waals surface area contributed by atoms with Crippen molar-refractivity contribution in [1.29, 1.82) is 0 Å². The summed E-state index contributed by atoms with van der Waals surface area (Å²) in [6.45, 7) is 3.24. The van der Waals surface area contributed by atoms with Gasteiger partial charge in [-0.05, 0) is 38.6 Å². The van der Waals surface area contributed by atoms with E-state index in [2.05, 4.69) is 31.7 Å². The van der Waals surface area contributed by atoms with E-state index >= 15 is 0 Å². The Balaban J connectivity index is 1.91. The summed E-state index contributed by atoms with van der Waals surface area (Å²) in [5, 5.41) is 10.7. The number of piperidine rings is 1. The predicted octanol–water partition coefficient (Wildman–Crippen LogP) is 1.15. The van der Waals surface area contributed by atoms with E-state index in [0.29, 0.717) is 0 Å². The van der Waals surface area contributed by atoms with Gasteiger partial charge in [-0.2, -0.15) is 16.7 Å². The molecule has 2 heterocycles. The van der Waals surface area contributed by atoms with Crippen LogP contribution in [0.5, 0.6) is 0 Å². The molecule has 1 aromatic heterocycles. The predicted molar refractivity (Wildman–Crippen MR) is 77.3 cm³/mol. The molecule has 0 aromatic carbocycles. The highest BCUT2D eigenvalue weighted by Crippen LogP contribution is 2.19. The summed E-state index contributed by atoms with van der Waals surface area (Å²) in [6, 6.07) is 0. The van der Waals surface area contributed by atoms with Crippen molar-refractivity contribution < 1.29 is 0 Å². The van der Waals surface area contributed by atoms with E-state index in [0.717, 1.165) is 49.5 Å². The van der Waals surface area contributed by atoms with E-state index in [1.165, 1.54) is 12.8 Å². The molecule has 2 rings (SSSR count). The molecule has 2 N–H and O–H groups in total. The van der Waals surface area contributed by atoms with E-state index in [1.807, 2.05) is 18.8 Å². The number of aryl methyl sites for hydroxylation is 1. The van der Waals surface area contributed by atoms with Crippen LogP contribution in [0, 0.1) is 5.92 Å². The Hall–Kier alpha value is -0.750. The number of rotatable bonds is 6. The highest BCUT2D eigenvalue weighted by Gasteiger charge is 2.22. The maximum absolute atomic E-state index is 4.59. The molecule has 0 saturated carbocycles. The first kappa shape index (κ1) is 13.7. The van der Waals surface area contributed by atoms with Crippen molar-refractivity contribution in [2.45, 2.75) is 19.3 Å². The summed E-state index contributed by atoms with van der Waals surface area (Å²) in [6.07, 6.45) is 5.63. The molecule has 1 aliphatic rings.